The molecule has 1 rings (SSSR count). The van der Waals surface area contributed by atoms with Crippen LogP contribution >= 0.6 is 7.60 Å². The Morgan fingerprint density at radius 3 is 2.00 bits per heavy atom. The van der Waals surface area contributed by atoms with Crippen LogP contribution in [0, 0.1) is 0 Å². The maximum absolute atomic E-state index is 12.4. The minimum absolute atomic E-state index is 0.139. The molecule has 0 aromatic heterocycles. The molecule has 0 aliphatic rings. The van der Waals surface area contributed by atoms with Gasteiger partial charge in [-0.15, -0.1) is 13.2 Å². The fraction of sp³-hybridized carbons (Fsp3) is 0.500. The molecule has 1 atom stereocenters. The van der Waals surface area contributed by atoms with Crippen molar-refractivity contribution in [2.45, 2.75) is 26.0 Å². The van der Waals surface area contributed by atoms with Crippen LogP contribution in [0.5, 0.6) is 5.75 Å². The quantitative estimate of drug-likeness (QED) is 0.771. The van der Waals surface area contributed by atoms with E-state index in [0.717, 1.165) is 12.1 Å². The third kappa shape index (κ3) is 5.32. The molecular weight excluding hydrogens is 310 g/mol. The first-order valence-electron chi connectivity index (χ1n) is 6.22. The normalized spacial score (nSPS) is 14.0. The van der Waals surface area contributed by atoms with Crippen LogP contribution in [0.1, 0.15) is 25.2 Å². The molecule has 120 valence electrons. The first-order valence-corrected chi connectivity index (χ1v) is 7.83. The number of ether oxygens (including phenoxy) is 1. The fourth-order valence-electron chi connectivity index (χ4n) is 1.61. The van der Waals surface area contributed by atoms with Gasteiger partial charge in [-0.1, -0.05) is 12.1 Å². The van der Waals surface area contributed by atoms with Crippen molar-refractivity contribution in [1.82, 2.24) is 0 Å². The molecule has 0 fully saturated rings. The Bertz CT molecular complexity index is 482. The first kappa shape index (κ1) is 18.0. The van der Waals surface area contributed by atoms with Crippen LogP contribution < -0.4 is 10.5 Å². The summed E-state index contributed by atoms with van der Waals surface area (Å²) in [7, 11) is -3.57. The predicted molar refractivity (Wildman–Crippen MR) is 70.9 cm³/mol. The summed E-state index contributed by atoms with van der Waals surface area (Å²) in [6.45, 7) is 3.55. The highest BCUT2D eigenvalue weighted by Crippen LogP contribution is 2.58. The molecule has 2 N–H and O–H groups in total. The van der Waals surface area contributed by atoms with Crippen LogP contribution in [0.3, 0.4) is 0 Å². The lowest BCUT2D eigenvalue weighted by Crippen LogP contribution is -2.17. The van der Waals surface area contributed by atoms with Gasteiger partial charge in [-0.05, 0) is 31.5 Å². The number of benzene rings is 1. The molecule has 1 aromatic carbocycles. The molecule has 0 saturated carbocycles. The second-order valence-corrected chi connectivity index (χ2v) is 6.09. The standard InChI is InChI=1S/C12H17F3NO4P/c1-3-18-21(17,19-4-2)11(16)9-5-7-10(8-6-9)20-12(13,14)15/h5-8,11H,3-4,16H2,1-2H3/t11-/m1/s1. The van der Waals surface area contributed by atoms with Gasteiger partial charge in [-0.25, -0.2) is 0 Å². The Hall–Kier alpha value is -1.08. The summed E-state index contributed by atoms with van der Waals surface area (Å²) >= 11 is 0. The molecule has 1 aromatic rings. The van der Waals surface area contributed by atoms with Crippen LogP contribution in [0.25, 0.3) is 0 Å². The van der Waals surface area contributed by atoms with Crippen molar-refractivity contribution in [3.05, 3.63) is 29.8 Å². The summed E-state index contributed by atoms with van der Waals surface area (Å²) in [5, 5.41) is 0. The minimum Gasteiger partial charge on any atom is -0.406 e. The molecule has 0 bridgehead atoms. The molecule has 21 heavy (non-hydrogen) atoms. The molecule has 0 unspecified atom stereocenters. The Labute approximate surface area is 120 Å². The van der Waals surface area contributed by atoms with E-state index in [4.69, 9.17) is 14.8 Å². The molecular formula is C12H17F3NO4P. The summed E-state index contributed by atoms with van der Waals surface area (Å²) < 4.78 is 62.6. The molecule has 0 aliphatic heterocycles. The number of nitrogens with two attached hydrogens (primary N) is 1. The highest BCUT2D eigenvalue weighted by Gasteiger charge is 2.34. The zero-order valence-corrected chi connectivity index (χ0v) is 12.5. The van der Waals surface area contributed by atoms with Crippen molar-refractivity contribution in [3.63, 3.8) is 0 Å². The molecule has 9 heteroatoms. The van der Waals surface area contributed by atoms with E-state index in [2.05, 4.69) is 4.74 Å². The Morgan fingerprint density at radius 2 is 1.62 bits per heavy atom. The fourth-order valence-corrected chi connectivity index (χ4v) is 3.26. The minimum atomic E-state index is -4.77. The number of halogens is 3. The molecule has 0 spiro atoms. The number of rotatable bonds is 7. The van der Waals surface area contributed by atoms with Crippen LogP contribution in [0.4, 0.5) is 13.2 Å². The zero-order valence-electron chi connectivity index (χ0n) is 11.6. The van der Waals surface area contributed by atoms with E-state index in [1.54, 1.807) is 13.8 Å². The van der Waals surface area contributed by atoms with Crippen molar-refractivity contribution < 1.29 is 31.5 Å². The van der Waals surface area contributed by atoms with Gasteiger partial charge in [0.25, 0.3) is 0 Å². The van der Waals surface area contributed by atoms with Crippen LogP contribution in [0.2, 0.25) is 0 Å². The monoisotopic (exact) mass is 327 g/mol. The highest BCUT2D eigenvalue weighted by molar-refractivity contribution is 7.54. The van der Waals surface area contributed by atoms with Gasteiger partial charge in [0.2, 0.25) is 0 Å². The van der Waals surface area contributed by atoms with Gasteiger partial charge >= 0.3 is 14.0 Å². The second-order valence-electron chi connectivity index (χ2n) is 3.94. The Balaban J connectivity index is 2.91. The Kier molecular flexibility index (Phi) is 6.22. The largest absolute Gasteiger partial charge is 0.573 e. The van der Waals surface area contributed by atoms with Gasteiger partial charge in [0.15, 0.2) is 0 Å². The first-order chi connectivity index (χ1) is 9.72. The van der Waals surface area contributed by atoms with Gasteiger partial charge in [0.05, 0.1) is 13.2 Å². The summed E-state index contributed by atoms with van der Waals surface area (Å²) in [6.07, 6.45) is -4.77. The summed E-state index contributed by atoms with van der Waals surface area (Å²) in [4.78, 5) is 0. The second kappa shape index (κ2) is 7.26. The lowest BCUT2D eigenvalue weighted by atomic mass is 10.2. The van der Waals surface area contributed by atoms with Crippen molar-refractivity contribution in [2.24, 2.45) is 5.73 Å². The molecule has 5 nitrogen and oxygen atoms in total. The predicted octanol–water partition coefficient (Wildman–Crippen LogP) is 3.81. The Morgan fingerprint density at radius 1 is 1.14 bits per heavy atom. The molecule has 0 saturated heterocycles. The smallest absolute Gasteiger partial charge is 0.406 e. The summed E-state index contributed by atoms with van der Waals surface area (Å²) in [5.74, 6) is -1.47. The van der Waals surface area contributed by atoms with Crippen molar-refractivity contribution in [2.75, 3.05) is 13.2 Å². The van der Waals surface area contributed by atoms with Gasteiger partial charge in [-0.2, -0.15) is 0 Å². The van der Waals surface area contributed by atoms with Crippen LogP contribution in [-0.2, 0) is 13.6 Å². The molecule has 0 heterocycles. The average Bonchev–Trinajstić information content (AvgIpc) is 2.37. The lowest BCUT2D eigenvalue weighted by Gasteiger charge is -2.23. The summed E-state index contributed by atoms with van der Waals surface area (Å²) in [5.41, 5.74) is 6.18. The molecule has 0 aliphatic carbocycles. The van der Waals surface area contributed by atoms with Gasteiger partial charge < -0.3 is 19.5 Å². The van der Waals surface area contributed by atoms with Crippen molar-refractivity contribution in [3.8, 4) is 5.75 Å². The number of hydrogen-bond acceptors (Lipinski definition) is 5. The topological polar surface area (TPSA) is 70.8 Å². The maximum atomic E-state index is 12.4. The third-order valence-corrected chi connectivity index (χ3v) is 4.63. The molecule has 0 radical (unpaired) electrons. The SMILES string of the molecule is CCOP(=O)(OCC)[C@@H](N)c1ccc(OC(F)(F)F)cc1. The van der Waals surface area contributed by atoms with E-state index in [1.807, 2.05) is 0 Å². The van der Waals surface area contributed by atoms with Gasteiger partial charge in [0, 0.05) is 0 Å². The third-order valence-electron chi connectivity index (χ3n) is 2.41. The highest BCUT2D eigenvalue weighted by atomic mass is 31.2. The van der Waals surface area contributed by atoms with E-state index in [9.17, 15) is 17.7 Å². The lowest BCUT2D eigenvalue weighted by molar-refractivity contribution is -0.274. The number of hydrogen-bond donors (Lipinski definition) is 1. The molecule has 0 amide bonds. The average molecular weight is 327 g/mol. The van der Waals surface area contributed by atoms with E-state index < -0.39 is 19.7 Å². The van der Waals surface area contributed by atoms with Gasteiger partial charge in [-0.3, -0.25) is 4.57 Å². The number of alkyl halides is 3. The zero-order chi connectivity index (χ0) is 16.1. The maximum Gasteiger partial charge on any atom is 0.573 e. The van der Waals surface area contributed by atoms with Crippen LogP contribution in [-0.4, -0.2) is 19.6 Å². The van der Waals surface area contributed by atoms with Crippen molar-refractivity contribution in [1.29, 1.82) is 0 Å². The van der Waals surface area contributed by atoms with E-state index >= 15 is 0 Å². The van der Waals surface area contributed by atoms with E-state index in [1.165, 1.54) is 12.1 Å². The van der Waals surface area contributed by atoms with Crippen molar-refractivity contribution >= 4 is 7.60 Å². The van der Waals surface area contributed by atoms with Crippen LogP contribution in [0.15, 0.2) is 24.3 Å². The van der Waals surface area contributed by atoms with E-state index in [0.29, 0.717) is 5.56 Å². The van der Waals surface area contributed by atoms with E-state index in [-0.39, 0.29) is 19.0 Å². The van der Waals surface area contributed by atoms with Gasteiger partial charge in [0.1, 0.15) is 11.5 Å². The summed E-state index contributed by atoms with van der Waals surface area (Å²) in [6, 6.07) is 4.75.